The first-order chi connectivity index (χ1) is 8.13. The van der Waals surface area contributed by atoms with E-state index in [0.717, 1.165) is 0 Å². The summed E-state index contributed by atoms with van der Waals surface area (Å²) in [6, 6.07) is 4.27. The standard InChI is InChI=1S/C12H15FN2O2/c1-3-15(7-11(17)14-2)12-9(8-16)5-4-6-10(12)13/h4-6,8H,3,7H2,1-2H3,(H,14,17). The molecule has 0 saturated heterocycles. The fourth-order valence-electron chi connectivity index (χ4n) is 1.56. The molecule has 0 heterocycles. The summed E-state index contributed by atoms with van der Waals surface area (Å²) in [5.74, 6) is -0.729. The van der Waals surface area contributed by atoms with Crippen LogP contribution in [0.15, 0.2) is 18.2 Å². The van der Waals surface area contributed by atoms with Crippen LogP contribution >= 0.6 is 0 Å². The number of hydrogen-bond acceptors (Lipinski definition) is 3. The van der Waals surface area contributed by atoms with Crippen molar-refractivity contribution < 1.29 is 14.0 Å². The van der Waals surface area contributed by atoms with Gasteiger partial charge in [0, 0.05) is 19.2 Å². The summed E-state index contributed by atoms with van der Waals surface area (Å²) in [6.07, 6.45) is 0.588. The van der Waals surface area contributed by atoms with Gasteiger partial charge in [0.1, 0.15) is 5.82 Å². The van der Waals surface area contributed by atoms with Gasteiger partial charge in [0.25, 0.3) is 0 Å². The maximum absolute atomic E-state index is 13.7. The number of nitrogens with one attached hydrogen (secondary N) is 1. The molecule has 1 amide bonds. The highest BCUT2D eigenvalue weighted by molar-refractivity contribution is 5.87. The number of likely N-dealkylation sites (N-methyl/N-ethyl adjacent to an activating group) is 2. The van der Waals surface area contributed by atoms with Gasteiger partial charge in [-0.3, -0.25) is 9.59 Å². The van der Waals surface area contributed by atoms with Crippen molar-refractivity contribution in [1.29, 1.82) is 0 Å². The van der Waals surface area contributed by atoms with Crippen LogP contribution in [0.2, 0.25) is 0 Å². The molecule has 5 heteroatoms. The lowest BCUT2D eigenvalue weighted by Gasteiger charge is -2.23. The minimum atomic E-state index is -0.500. The third kappa shape index (κ3) is 3.03. The van der Waals surface area contributed by atoms with E-state index in [9.17, 15) is 14.0 Å². The molecule has 0 unspecified atom stereocenters. The van der Waals surface area contributed by atoms with E-state index in [0.29, 0.717) is 12.8 Å². The van der Waals surface area contributed by atoms with Crippen molar-refractivity contribution in [2.75, 3.05) is 25.0 Å². The lowest BCUT2D eigenvalue weighted by Crippen LogP contribution is -2.36. The van der Waals surface area contributed by atoms with E-state index in [4.69, 9.17) is 0 Å². The summed E-state index contributed by atoms with van der Waals surface area (Å²) in [6.45, 7) is 2.26. The van der Waals surface area contributed by atoms with Crippen LogP contribution in [0, 0.1) is 5.82 Å². The Morgan fingerprint density at radius 1 is 1.53 bits per heavy atom. The first kappa shape index (κ1) is 13.2. The number of nitrogens with zero attached hydrogens (tertiary/aromatic N) is 1. The molecular formula is C12H15FN2O2. The van der Waals surface area contributed by atoms with Crippen LogP contribution in [0.4, 0.5) is 10.1 Å². The maximum Gasteiger partial charge on any atom is 0.239 e. The average Bonchev–Trinajstić information content (AvgIpc) is 2.35. The van der Waals surface area contributed by atoms with Crippen LogP contribution < -0.4 is 10.2 Å². The molecule has 0 fully saturated rings. The van der Waals surface area contributed by atoms with Gasteiger partial charge in [-0.1, -0.05) is 6.07 Å². The van der Waals surface area contributed by atoms with E-state index in [1.54, 1.807) is 6.92 Å². The number of aldehydes is 1. The Morgan fingerprint density at radius 2 is 2.24 bits per heavy atom. The van der Waals surface area contributed by atoms with Gasteiger partial charge in [0.05, 0.1) is 12.2 Å². The molecule has 0 aliphatic rings. The number of hydrogen-bond donors (Lipinski definition) is 1. The molecule has 0 aliphatic heterocycles. The van der Waals surface area contributed by atoms with Gasteiger partial charge in [-0.05, 0) is 19.1 Å². The summed E-state index contributed by atoms with van der Waals surface area (Å²) in [5.41, 5.74) is 0.421. The molecule has 0 saturated carbocycles. The lowest BCUT2D eigenvalue weighted by atomic mass is 10.1. The topological polar surface area (TPSA) is 49.4 Å². The molecule has 1 aromatic rings. The van der Waals surface area contributed by atoms with Crippen LogP contribution in [0.1, 0.15) is 17.3 Å². The predicted molar refractivity (Wildman–Crippen MR) is 63.7 cm³/mol. The Labute approximate surface area is 99.4 Å². The monoisotopic (exact) mass is 238 g/mol. The molecule has 0 bridgehead atoms. The molecule has 1 aromatic carbocycles. The maximum atomic E-state index is 13.7. The Hall–Kier alpha value is -1.91. The fraction of sp³-hybridized carbons (Fsp3) is 0.333. The van der Waals surface area contributed by atoms with Gasteiger partial charge >= 0.3 is 0 Å². The summed E-state index contributed by atoms with van der Waals surface area (Å²) >= 11 is 0. The highest BCUT2D eigenvalue weighted by Crippen LogP contribution is 2.22. The van der Waals surface area contributed by atoms with Gasteiger partial charge in [-0.15, -0.1) is 0 Å². The molecule has 4 nitrogen and oxygen atoms in total. The largest absolute Gasteiger partial charge is 0.360 e. The molecule has 0 spiro atoms. The zero-order chi connectivity index (χ0) is 12.8. The lowest BCUT2D eigenvalue weighted by molar-refractivity contribution is -0.119. The predicted octanol–water partition coefficient (Wildman–Crippen LogP) is 1.21. The zero-order valence-corrected chi connectivity index (χ0v) is 9.87. The minimum Gasteiger partial charge on any atom is -0.360 e. The third-order valence-electron chi connectivity index (χ3n) is 2.46. The number of carbonyl (C=O) groups is 2. The van der Waals surface area contributed by atoms with E-state index < -0.39 is 5.82 Å². The average molecular weight is 238 g/mol. The van der Waals surface area contributed by atoms with Crippen molar-refractivity contribution in [1.82, 2.24) is 5.32 Å². The van der Waals surface area contributed by atoms with Crippen LogP contribution in [0.25, 0.3) is 0 Å². The van der Waals surface area contributed by atoms with Crippen molar-refractivity contribution >= 4 is 17.9 Å². The van der Waals surface area contributed by atoms with Gasteiger partial charge in [0.15, 0.2) is 6.29 Å². The van der Waals surface area contributed by atoms with Crippen LogP contribution in [0.5, 0.6) is 0 Å². The number of rotatable bonds is 5. The van der Waals surface area contributed by atoms with E-state index in [2.05, 4.69) is 5.32 Å². The van der Waals surface area contributed by atoms with E-state index in [1.165, 1.54) is 30.1 Å². The molecule has 1 N–H and O–H groups in total. The van der Waals surface area contributed by atoms with Crippen LogP contribution in [-0.4, -0.2) is 32.3 Å². The summed E-state index contributed by atoms with van der Waals surface area (Å²) in [7, 11) is 1.51. The van der Waals surface area contributed by atoms with E-state index in [-0.39, 0.29) is 23.7 Å². The molecule has 1 rings (SSSR count). The second-order valence-electron chi connectivity index (χ2n) is 3.48. The Kier molecular flexibility index (Phi) is 4.63. The number of anilines is 1. The second kappa shape index (κ2) is 5.98. The third-order valence-corrected chi connectivity index (χ3v) is 2.46. The molecule has 0 atom stereocenters. The number of para-hydroxylation sites is 1. The van der Waals surface area contributed by atoms with Crippen molar-refractivity contribution in [3.63, 3.8) is 0 Å². The summed E-state index contributed by atoms with van der Waals surface area (Å²) in [5, 5.41) is 2.47. The summed E-state index contributed by atoms with van der Waals surface area (Å²) < 4.78 is 13.7. The van der Waals surface area contributed by atoms with Gasteiger partial charge in [-0.2, -0.15) is 0 Å². The SMILES string of the molecule is CCN(CC(=O)NC)c1c(F)cccc1C=O. The number of carbonyl (C=O) groups excluding carboxylic acids is 2. The number of amides is 1. The molecule has 0 radical (unpaired) electrons. The molecule has 0 aliphatic carbocycles. The Morgan fingerprint density at radius 3 is 2.76 bits per heavy atom. The quantitative estimate of drug-likeness (QED) is 0.784. The van der Waals surface area contributed by atoms with E-state index >= 15 is 0 Å². The van der Waals surface area contributed by atoms with Gasteiger partial charge < -0.3 is 10.2 Å². The normalized spacial score (nSPS) is 9.82. The molecule has 0 aromatic heterocycles. The van der Waals surface area contributed by atoms with Crippen LogP contribution in [0.3, 0.4) is 0 Å². The second-order valence-corrected chi connectivity index (χ2v) is 3.48. The highest BCUT2D eigenvalue weighted by atomic mass is 19.1. The highest BCUT2D eigenvalue weighted by Gasteiger charge is 2.16. The van der Waals surface area contributed by atoms with Crippen molar-refractivity contribution in [2.24, 2.45) is 0 Å². The minimum absolute atomic E-state index is 0.0226. The first-order valence-electron chi connectivity index (χ1n) is 5.33. The van der Waals surface area contributed by atoms with Gasteiger partial charge in [0.2, 0.25) is 5.91 Å². The molecular weight excluding hydrogens is 223 g/mol. The first-order valence-corrected chi connectivity index (χ1v) is 5.33. The van der Waals surface area contributed by atoms with Gasteiger partial charge in [-0.25, -0.2) is 4.39 Å². The Balaban J connectivity index is 3.10. The zero-order valence-electron chi connectivity index (χ0n) is 9.87. The van der Waals surface area contributed by atoms with Crippen molar-refractivity contribution in [3.8, 4) is 0 Å². The Bertz CT molecular complexity index is 421. The van der Waals surface area contributed by atoms with Crippen molar-refractivity contribution in [2.45, 2.75) is 6.92 Å². The number of halogens is 1. The molecule has 17 heavy (non-hydrogen) atoms. The smallest absolute Gasteiger partial charge is 0.239 e. The number of benzene rings is 1. The van der Waals surface area contributed by atoms with E-state index in [1.807, 2.05) is 0 Å². The molecule has 92 valence electrons. The summed E-state index contributed by atoms with van der Waals surface area (Å²) in [4.78, 5) is 23.7. The van der Waals surface area contributed by atoms with Crippen molar-refractivity contribution in [3.05, 3.63) is 29.6 Å². The van der Waals surface area contributed by atoms with Crippen LogP contribution in [-0.2, 0) is 4.79 Å². The fourth-order valence-corrected chi connectivity index (χ4v) is 1.56.